The molecule has 2 rings (SSSR count). The molecule has 0 saturated heterocycles. The van der Waals surface area contributed by atoms with Crippen molar-refractivity contribution in [3.05, 3.63) is 53.6 Å². The van der Waals surface area contributed by atoms with E-state index in [0.29, 0.717) is 34.7 Å². The molecule has 0 heterocycles. The van der Waals surface area contributed by atoms with E-state index in [2.05, 4.69) is 10.6 Å². The Hall–Kier alpha value is -3.40. The van der Waals surface area contributed by atoms with E-state index in [0.717, 1.165) is 0 Å². The summed E-state index contributed by atoms with van der Waals surface area (Å²) in [5.41, 5.74) is 0.901. The van der Waals surface area contributed by atoms with Crippen LogP contribution in [-0.4, -0.2) is 65.2 Å². The first kappa shape index (κ1) is 30.8. The Kier molecular flexibility index (Phi) is 11.3. The number of likely N-dealkylation sites (N-methyl/N-ethyl adjacent to an activating group) is 1. The number of phenolic OH excluding ortho intramolecular Hbond substituents is 1. The van der Waals surface area contributed by atoms with E-state index in [9.17, 15) is 19.5 Å². The average Bonchev–Trinajstić information content (AvgIpc) is 2.85. The number of hydrogen-bond donors (Lipinski definition) is 3. The zero-order valence-electron chi connectivity index (χ0n) is 23.2. The Morgan fingerprint density at radius 2 is 1.76 bits per heavy atom. The number of amides is 3. The third-order valence-corrected chi connectivity index (χ3v) is 6.32. The van der Waals surface area contributed by atoms with Gasteiger partial charge in [0, 0.05) is 12.2 Å². The van der Waals surface area contributed by atoms with Gasteiger partial charge in [-0.1, -0.05) is 6.07 Å². The number of nitrogens with zero attached hydrogens (tertiary/aromatic N) is 1. The van der Waals surface area contributed by atoms with E-state index in [4.69, 9.17) is 9.47 Å². The number of carbonyl (C=O) groups excluding carboxylic acids is 3. The fourth-order valence-electron chi connectivity index (χ4n) is 3.82. The predicted octanol–water partition coefficient (Wildman–Crippen LogP) is 4.88. The van der Waals surface area contributed by atoms with E-state index in [1.165, 1.54) is 11.0 Å². The fraction of sp³-hybridized carbons (Fsp3) is 0.464. The number of alkyl carbamates (subject to hydrolysis) is 1. The molecule has 9 nitrogen and oxygen atoms in total. The lowest BCUT2D eigenvalue weighted by Gasteiger charge is -2.34. The van der Waals surface area contributed by atoms with Crippen LogP contribution in [0.2, 0.25) is 0 Å². The third kappa shape index (κ3) is 8.86. The number of nitrogens with one attached hydrogen (secondary N) is 2. The summed E-state index contributed by atoms with van der Waals surface area (Å²) in [6, 6.07) is 9.75. The van der Waals surface area contributed by atoms with Gasteiger partial charge in [-0.2, -0.15) is 11.8 Å². The molecular weight excluding hydrogens is 506 g/mol. The lowest BCUT2D eigenvalue weighted by atomic mass is 10.00. The molecule has 0 radical (unpaired) electrons. The van der Waals surface area contributed by atoms with Gasteiger partial charge in [-0.05, 0) is 101 Å². The average molecular weight is 546 g/mol. The summed E-state index contributed by atoms with van der Waals surface area (Å²) >= 11 is 1.55. The van der Waals surface area contributed by atoms with E-state index < -0.39 is 35.6 Å². The SMILES string of the molecule is CCN(C(=O)C(CCSC)NC(=O)OC(C)(C)C)C(C(=O)Nc1ccc(OC)cc1)c1ccc(O)c(C)c1. The maximum absolute atomic E-state index is 13.9. The molecule has 0 spiro atoms. The van der Waals surface area contributed by atoms with E-state index in [1.54, 1.807) is 89.9 Å². The Balaban J connectivity index is 2.45. The van der Waals surface area contributed by atoms with Crippen molar-refractivity contribution in [2.45, 2.75) is 58.7 Å². The maximum Gasteiger partial charge on any atom is 0.408 e. The topological polar surface area (TPSA) is 117 Å². The van der Waals surface area contributed by atoms with Crippen LogP contribution < -0.4 is 15.4 Å². The number of aryl methyl sites for hydroxylation is 1. The highest BCUT2D eigenvalue weighted by atomic mass is 32.2. The molecule has 2 aromatic carbocycles. The minimum absolute atomic E-state index is 0.0851. The lowest BCUT2D eigenvalue weighted by Crippen LogP contribution is -2.52. The number of phenols is 1. The summed E-state index contributed by atoms with van der Waals surface area (Å²) in [5, 5.41) is 15.7. The molecular formula is C28H39N3O6S. The molecule has 10 heteroatoms. The largest absolute Gasteiger partial charge is 0.508 e. The first-order valence-electron chi connectivity index (χ1n) is 12.4. The number of ether oxygens (including phenoxy) is 2. The van der Waals surface area contributed by atoms with Gasteiger partial charge >= 0.3 is 6.09 Å². The highest BCUT2D eigenvalue weighted by Gasteiger charge is 2.35. The Labute approximate surface area is 229 Å². The molecule has 38 heavy (non-hydrogen) atoms. The second kappa shape index (κ2) is 13.9. The van der Waals surface area contributed by atoms with Gasteiger partial charge in [0.1, 0.15) is 29.2 Å². The van der Waals surface area contributed by atoms with Gasteiger partial charge in [0.25, 0.3) is 5.91 Å². The number of rotatable bonds is 11. The van der Waals surface area contributed by atoms with E-state index in [-0.39, 0.29) is 12.3 Å². The van der Waals surface area contributed by atoms with Crippen molar-refractivity contribution in [3.8, 4) is 11.5 Å². The van der Waals surface area contributed by atoms with Crippen molar-refractivity contribution in [2.75, 3.05) is 31.0 Å². The molecule has 3 amide bonds. The summed E-state index contributed by atoms with van der Waals surface area (Å²) < 4.78 is 10.6. The second-order valence-electron chi connectivity index (χ2n) is 9.77. The Morgan fingerprint density at radius 3 is 2.29 bits per heavy atom. The van der Waals surface area contributed by atoms with Crippen molar-refractivity contribution in [1.29, 1.82) is 0 Å². The van der Waals surface area contributed by atoms with Crippen LogP contribution >= 0.6 is 11.8 Å². The number of thioether (sulfide) groups is 1. The smallest absolute Gasteiger partial charge is 0.408 e. The maximum atomic E-state index is 13.9. The van der Waals surface area contributed by atoms with Gasteiger partial charge in [-0.3, -0.25) is 9.59 Å². The molecule has 0 aliphatic rings. The number of hydrogen-bond acceptors (Lipinski definition) is 7. The quantitative estimate of drug-likeness (QED) is 0.368. The van der Waals surface area contributed by atoms with Crippen molar-refractivity contribution >= 4 is 35.4 Å². The molecule has 0 aliphatic carbocycles. The summed E-state index contributed by atoms with van der Waals surface area (Å²) in [6.45, 7) is 8.94. The number of anilines is 1. The first-order chi connectivity index (χ1) is 17.9. The van der Waals surface area contributed by atoms with Gasteiger partial charge in [-0.25, -0.2) is 4.79 Å². The van der Waals surface area contributed by atoms with Gasteiger partial charge in [-0.15, -0.1) is 0 Å². The van der Waals surface area contributed by atoms with E-state index in [1.807, 2.05) is 6.26 Å². The minimum atomic E-state index is -1.02. The highest BCUT2D eigenvalue weighted by molar-refractivity contribution is 7.98. The van der Waals surface area contributed by atoms with Crippen LogP contribution in [0.3, 0.4) is 0 Å². The number of carbonyl (C=O) groups is 3. The summed E-state index contributed by atoms with van der Waals surface area (Å²) in [6.07, 6.45) is 1.57. The highest BCUT2D eigenvalue weighted by Crippen LogP contribution is 2.28. The molecule has 0 aromatic heterocycles. The van der Waals surface area contributed by atoms with Crippen LogP contribution in [0.15, 0.2) is 42.5 Å². The molecule has 208 valence electrons. The number of benzene rings is 2. The van der Waals surface area contributed by atoms with Crippen molar-refractivity contribution in [1.82, 2.24) is 10.2 Å². The predicted molar refractivity (Wildman–Crippen MR) is 151 cm³/mol. The fourth-order valence-corrected chi connectivity index (χ4v) is 4.29. The van der Waals surface area contributed by atoms with Gasteiger partial charge in [0.15, 0.2) is 0 Å². The van der Waals surface area contributed by atoms with Crippen LogP contribution in [0.5, 0.6) is 11.5 Å². The van der Waals surface area contributed by atoms with Crippen molar-refractivity contribution in [2.24, 2.45) is 0 Å². The normalized spacial score (nSPS) is 12.7. The first-order valence-corrected chi connectivity index (χ1v) is 13.8. The van der Waals surface area contributed by atoms with Gasteiger partial charge < -0.3 is 30.1 Å². The zero-order chi connectivity index (χ0) is 28.5. The monoisotopic (exact) mass is 545 g/mol. The summed E-state index contributed by atoms with van der Waals surface area (Å²) in [4.78, 5) is 41.6. The van der Waals surface area contributed by atoms with Crippen molar-refractivity contribution < 1.29 is 29.0 Å². The molecule has 2 unspecified atom stereocenters. The Bertz CT molecular complexity index is 1100. The van der Waals surface area contributed by atoms with E-state index >= 15 is 0 Å². The third-order valence-electron chi connectivity index (χ3n) is 5.68. The molecule has 0 aliphatic heterocycles. The molecule has 2 atom stereocenters. The molecule has 0 saturated carbocycles. The van der Waals surface area contributed by atoms with Crippen LogP contribution in [-0.2, 0) is 14.3 Å². The molecule has 0 bridgehead atoms. The molecule has 2 aromatic rings. The lowest BCUT2D eigenvalue weighted by molar-refractivity contribution is -0.140. The standard InChI is InChI=1S/C28H39N3O6S/c1-8-31(26(34)22(15-16-38-7)30-27(35)37-28(3,4)5)24(19-9-14-23(32)18(2)17-19)25(33)29-20-10-12-21(36-6)13-11-20/h9-14,17,22,24,32H,8,15-16H2,1-7H3,(H,29,33)(H,30,35). The summed E-state index contributed by atoms with van der Waals surface area (Å²) in [5.74, 6) is 0.500. The number of aromatic hydroxyl groups is 1. The van der Waals surface area contributed by atoms with Crippen LogP contribution in [0.25, 0.3) is 0 Å². The Morgan fingerprint density at radius 1 is 1.11 bits per heavy atom. The van der Waals surface area contributed by atoms with Crippen LogP contribution in [0, 0.1) is 6.92 Å². The second-order valence-corrected chi connectivity index (χ2v) is 10.8. The zero-order valence-corrected chi connectivity index (χ0v) is 24.0. The van der Waals surface area contributed by atoms with Crippen LogP contribution in [0.1, 0.15) is 51.3 Å². The van der Waals surface area contributed by atoms with Gasteiger partial charge in [0.05, 0.1) is 7.11 Å². The summed E-state index contributed by atoms with van der Waals surface area (Å²) in [7, 11) is 1.56. The number of methoxy groups -OCH3 is 1. The van der Waals surface area contributed by atoms with Gasteiger partial charge in [0.2, 0.25) is 5.91 Å². The minimum Gasteiger partial charge on any atom is -0.508 e. The van der Waals surface area contributed by atoms with Crippen molar-refractivity contribution in [3.63, 3.8) is 0 Å². The molecule has 3 N–H and O–H groups in total. The van der Waals surface area contributed by atoms with Crippen LogP contribution in [0.4, 0.5) is 10.5 Å². The molecule has 0 fully saturated rings.